The molecule has 1 saturated heterocycles. The molecule has 1 saturated carbocycles. The zero-order valence-corrected chi connectivity index (χ0v) is 10.5. The van der Waals surface area contributed by atoms with Crippen molar-refractivity contribution in [2.45, 2.75) is 38.7 Å². The van der Waals surface area contributed by atoms with E-state index in [0.29, 0.717) is 6.10 Å². The van der Waals surface area contributed by atoms with E-state index in [1.54, 1.807) is 0 Å². The van der Waals surface area contributed by atoms with Gasteiger partial charge >= 0.3 is 0 Å². The van der Waals surface area contributed by atoms with Crippen molar-refractivity contribution < 1.29 is 4.74 Å². The molecule has 1 heterocycles. The van der Waals surface area contributed by atoms with Crippen LogP contribution < -0.4 is 5.73 Å². The van der Waals surface area contributed by atoms with Crippen molar-refractivity contribution in [3.63, 3.8) is 0 Å². The molecule has 3 nitrogen and oxygen atoms in total. The van der Waals surface area contributed by atoms with Crippen molar-refractivity contribution in [3.8, 4) is 0 Å². The summed E-state index contributed by atoms with van der Waals surface area (Å²) in [5.74, 6) is 1.63. The first kappa shape index (κ1) is 12.3. The number of rotatable bonds is 4. The van der Waals surface area contributed by atoms with E-state index in [1.165, 1.54) is 25.8 Å². The first-order chi connectivity index (χ1) is 7.83. The quantitative estimate of drug-likeness (QED) is 0.789. The molecule has 1 aliphatic carbocycles. The van der Waals surface area contributed by atoms with E-state index in [9.17, 15) is 0 Å². The highest BCUT2D eigenvalue weighted by atomic mass is 16.5. The van der Waals surface area contributed by atoms with Gasteiger partial charge in [-0.1, -0.05) is 13.3 Å². The third-order valence-electron chi connectivity index (χ3n) is 4.29. The Bertz CT molecular complexity index is 210. The van der Waals surface area contributed by atoms with Crippen molar-refractivity contribution >= 4 is 0 Å². The maximum Gasteiger partial charge on any atom is 0.0700 e. The molecular formula is C13H26N2O. The summed E-state index contributed by atoms with van der Waals surface area (Å²) in [6.45, 7) is 7.51. The summed E-state index contributed by atoms with van der Waals surface area (Å²) in [7, 11) is 0. The molecule has 0 aromatic heterocycles. The van der Waals surface area contributed by atoms with Crippen LogP contribution in [0.25, 0.3) is 0 Å². The summed E-state index contributed by atoms with van der Waals surface area (Å²) in [4.78, 5) is 2.59. The molecule has 0 amide bonds. The van der Waals surface area contributed by atoms with E-state index >= 15 is 0 Å². The van der Waals surface area contributed by atoms with Gasteiger partial charge in [-0.05, 0) is 37.6 Å². The topological polar surface area (TPSA) is 38.5 Å². The summed E-state index contributed by atoms with van der Waals surface area (Å²) in [5, 5.41) is 0. The maximum atomic E-state index is 5.84. The fourth-order valence-corrected chi connectivity index (χ4v) is 3.19. The Balaban J connectivity index is 1.79. The van der Waals surface area contributed by atoms with Crippen molar-refractivity contribution in [2.75, 3.05) is 32.8 Å². The first-order valence-electron chi connectivity index (χ1n) is 6.87. The molecule has 16 heavy (non-hydrogen) atoms. The maximum absolute atomic E-state index is 5.84. The van der Waals surface area contributed by atoms with Crippen LogP contribution in [0, 0.1) is 11.8 Å². The Labute approximate surface area is 99.3 Å². The lowest BCUT2D eigenvalue weighted by Gasteiger charge is -2.35. The minimum absolute atomic E-state index is 0.464. The van der Waals surface area contributed by atoms with E-state index in [2.05, 4.69) is 11.8 Å². The fraction of sp³-hybridized carbons (Fsp3) is 1.00. The molecule has 0 aromatic carbocycles. The predicted octanol–water partition coefficient (Wildman–Crippen LogP) is 1.47. The summed E-state index contributed by atoms with van der Waals surface area (Å²) >= 11 is 0. The molecule has 3 unspecified atom stereocenters. The highest BCUT2D eigenvalue weighted by Gasteiger charge is 2.29. The second-order valence-corrected chi connectivity index (χ2v) is 5.35. The van der Waals surface area contributed by atoms with Crippen molar-refractivity contribution in [1.82, 2.24) is 4.90 Å². The Morgan fingerprint density at radius 3 is 2.88 bits per heavy atom. The van der Waals surface area contributed by atoms with Gasteiger partial charge < -0.3 is 10.5 Å². The third-order valence-corrected chi connectivity index (χ3v) is 4.29. The highest BCUT2D eigenvalue weighted by molar-refractivity contribution is 4.82. The van der Waals surface area contributed by atoms with Crippen LogP contribution in [0.2, 0.25) is 0 Å². The summed E-state index contributed by atoms with van der Waals surface area (Å²) in [6.07, 6.45) is 5.72. The number of hydrogen-bond acceptors (Lipinski definition) is 3. The molecule has 0 radical (unpaired) electrons. The van der Waals surface area contributed by atoms with Crippen LogP contribution in [-0.4, -0.2) is 43.8 Å². The smallest absolute Gasteiger partial charge is 0.0700 e. The Morgan fingerprint density at radius 2 is 2.12 bits per heavy atom. The van der Waals surface area contributed by atoms with Crippen LogP contribution in [0.3, 0.4) is 0 Å². The van der Waals surface area contributed by atoms with Crippen LogP contribution in [0.5, 0.6) is 0 Å². The average Bonchev–Trinajstić information content (AvgIpc) is 2.76. The molecule has 0 bridgehead atoms. The monoisotopic (exact) mass is 226 g/mol. The molecule has 0 aromatic rings. The second-order valence-electron chi connectivity index (χ2n) is 5.35. The zero-order valence-electron chi connectivity index (χ0n) is 10.5. The molecule has 2 rings (SSSR count). The molecule has 2 N–H and O–H groups in total. The lowest BCUT2D eigenvalue weighted by Crippen LogP contribution is -2.45. The fourth-order valence-electron chi connectivity index (χ4n) is 3.19. The second kappa shape index (κ2) is 5.99. The van der Waals surface area contributed by atoms with Gasteiger partial charge in [0, 0.05) is 19.6 Å². The van der Waals surface area contributed by atoms with Crippen molar-refractivity contribution in [1.29, 1.82) is 0 Å². The van der Waals surface area contributed by atoms with Crippen LogP contribution in [-0.2, 0) is 4.74 Å². The molecule has 0 spiro atoms. The van der Waals surface area contributed by atoms with Gasteiger partial charge in [0.15, 0.2) is 0 Å². The molecule has 94 valence electrons. The van der Waals surface area contributed by atoms with Crippen LogP contribution >= 0.6 is 0 Å². The summed E-state index contributed by atoms with van der Waals surface area (Å²) in [5.41, 5.74) is 5.84. The highest BCUT2D eigenvalue weighted by Crippen LogP contribution is 2.31. The molecule has 1 aliphatic heterocycles. The number of ether oxygens (including phenoxy) is 1. The zero-order chi connectivity index (χ0) is 11.4. The average molecular weight is 226 g/mol. The normalized spacial score (nSPS) is 36.8. The number of morpholine rings is 1. The van der Waals surface area contributed by atoms with E-state index in [-0.39, 0.29) is 0 Å². The van der Waals surface area contributed by atoms with Crippen LogP contribution in [0.15, 0.2) is 0 Å². The van der Waals surface area contributed by atoms with E-state index < -0.39 is 0 Å². The van der Waals surface area contributed by atoms with Gasteiger partial charge in [-0.2, -0.15) is 0 Å². The standard InChI is InChI=1S/C13H26N2O/c1-2-13-10-15(6-7-16-13)9-12-5-3-4-11(12)8-14/h11-13H,2-10,14H2,1H3. The Morgan fingerprint density at radius 1 is 1.31 bits per heavy atom. The number of nitrogens with zero attached hydrogens (tertiary/aromatic N) is 1. The Kier molecular flexibility index (Phi) is 4.62. The lowest BCUT2D eigenvalue weighted by atomic mass is 9.95. The van der Waals surface area contributed by atoms with Crippen LogP contribution in [0.1, 0.15) is 32.6 Å². The largest absolute Gasteiger partial charge is 0.376 e. The minimum Gasteiger partial charge on any atom is -0.376 e. The van der Waals surface area contributed by atoms with Gasteiger partial charge in [0.1, 0.15) is 0 Å². The number of nitrogens with two attached hydrogens (primary N) is 1. The van der Waals surface area contributed by atoms with Crippen LogP contribution in [0.4, 0.5) is 0 Å². The van der Waals surface area contributed by atoms with Gasteiger partial charge in [0.25, 0.3) is 0 Å². The summed E-state index contributed by atoms with van der Waals surface area (Å²) < 4.78 is 5.71. The first-order valence-corrected chi connectivity index (χ1v) is 6.87. The molecular weight excluding hydrogens is 200 g/mol. The van der Waals surface area contributed by atoms with Crippen molar-refractivity contribution in [2.24, 2.45) is 17.6 Å². The van der Waals surface area contributed by atoms with Gasteiger partial charge in [-0.25, -0.2) is 0 Å². The van der Waals surface area contributed by atoms with Gasteiger partial charge in [-0.3, -0.25) is 4.90 Å². The minimum atomic E-state index is 0.464. The third kappa shape index (κ3) is 2.96. The number of hydrogen-bond donors (Lipinski definition) is 1. The lowest BCUT2D eigenvalue weighted by molar-refractivity contribution is -0.0354. The summed E-state index contributed by atoms with van der Waals surface area (Å²) in [6, 6.07) is 0. The van der Waals surface area contributed by atoms with E-state index in [1.807, 2.05) is 0 Å². The van der Waals surface area contributed by atoms with Crippen molar-refractivity contribution in [3.05, 3.63) is 0 Å². The van der Waals surface area contributed by atoms with Gasteiger partial charge in [0.05, 0.1) is 12.7 Å². The Hall–Kier alpha value is -0.120. The van der Waals surface area contributed by atoms with Gasteiger partial charge in [0.2, 0.25) is 0 Å². The SMILES string of the molecule is CCC1CN(CC2CCCC2CN)CCO1. The molecule has 3 atom stereocenters. The van der Waals surface area contributed by atoms with E-state index in [0.717, 1.165) is 44.5 Å². The predicted molar refractivity (Wildman–Crippen MR) is 66.4 cm³/mol. The molecule has 3 heteroatoms. The van der Waals surface area contributed by atoms with E-state index in [4.69, 9.17) is 10.5 Å². The molecule has 2 fully saturated rings. The molecule has 2 aliphatic rings. The van der Waals surface area contributed by atoms with Gasteiger partial charge in [-0.15, -0.1) is 0 Å².